The second-order valence-electron chi connectivity index (χ2n) is 8.73. The van der Waals surface area contributed by atoms with E-state index in [-0.39, 0.29) is 11.2 Å². The predicted molar refractivity (Wildman–Crippen MR) is 123 cm³/mol. The van der Waals surface area contributed by atoms with Gasteiger partial charge in [-0.05, 0) is 23.0 Å². The van der Waals surface area contributed by atoms with Gasteiger partial charge in [0.2, 0.25) is 5.78 Å². The summed E-state index contributed by atoms with van der Waals surface area (Å²) in [5.41, 5.74) is 2.51. The molecular weight excluding hydrogens is 387 g/mol. The molecule has 0 spiro atoms. The minimum atomic E-state index is -1.08. The molecule has 2 aliphatic heterocycles. The van der Waals surface area contributed by atoms with Gasteiger partial charge in [0.25, 0.3) is 0 Å². The second-order valence-corrected chi connectivity index (χ2v) is 10.0. The van der Waals surface area contributed by atoms with Crippen molar-refractivity contribution in [2.75, 3.05) is 0 Å². The quantitative estimate of drug-likeness (QED) is 0.453. The first-order chi connectivity index (χ1) is 14.5. The minimum absolute atomic E-state index is 0.0531. The summed E-state index contributed by atoms with van der Waals surface area (Å²) in [6.45, 7) is 6.66. The highest BCUT2D eigenvalue weighted by Gasteiger charge is 2.64. The van der Waals surface area contributed by atoms with Crippen molar-refractivity contribution in [1.29, 1.82) is 0 Å². The summed E-state index contributed by atoms with van der Waals surface area (Å²) in [7, 11) is 1.04. The molecule has 3 heteroatoms. The fourth-order valence-electron chi connectivity index (χ4n) is 4.70. The molecular formula is C27H25O2P. The number of Topliss-reactive ketones (excluding diaryl/α,β-unsaturated/α-hetero) is 1. The van der Waals surface area contributed by atoms with Gasteiger partial charge in [-0.25, -0.2) is 0 Å². The van der Waals surface area contributed by atoms with Gasteiger partial charge in [-0.15, -0.1) is 0 Å². The van der Waals surface area contributed by atoms with Gasteiger partial charge >= 0.3 is 0 Å². The lowest BCUT2D eigenvalue weighted by Gasteiger charge is -2.43. The molecule has 0 fully saturated rings. The third-order valence-corrected chi connectivity index (χ3v) is 8.68. The van der Waals surface area contributed by atoms with E-state index in [1.165, 1.54) is 0 Å². The molecule has 30 heavy (non-hydrogen) atoms. The molecule has 0 saturated carbocycles. The third kappa shape index (κ3) is 2.47. The van der Waals surface area contributed by atoms with E-state index in [1.54, 1.807) is 0 Å². The van der Waals surface area contributed by atoms with E-state index in [4.69, 9.17) is 4.74 Å². The fourth-order valence-corrected chi connectivity index (χ4v) is 6.69. The molecule has 5 rings (SSSR count). The molecule has 0 aliphatic carbocycles. The Morgan fingerprint density at radius 1 is 0.833 bits per heavy atom. The van der Waals surface area contributed by atoms with Gasteiger partial charge < -0.3 is 4.74 Å². The molecule has 2 atom stereocenters. The van der Waals surface area contributed by atoms with Crippen LogP contribution in [0.2, 0.25) is 0 Å². The number of hydrogen-bond donors (Lipinski definition) is 0. The predicted octanol–water partition coefficient (Wildman–Crippen LogP) is 6.56. The van der Waals surface area contributed by atoms with Gasteiger partial charge in [-0.1, -0.05) is 114 Å². The molecule has 0 amide bonds. The van der Waals surface area contributed by atoms with E-state index in [1.807, 2.05) is 54.6 Å². The Labute approximate surface area is 179 Å². The van der Waals surface area contributed by atoms with Crippen LogP contribution in [-0.4, -0.2) is 11.1 Å². The first-order valence-corrected chi connectivity index (χ1v) is 11.4. The fraction of sp³-hybridized carbons (Fsp3) is 0.259. The molecule has 0 aromatic heterocycles. The number of fused-ring (bicyclic) bond motifs is 4. The van der Waals surface area contributed by atoms with Crippen molar-refractivity contribution in [3.8, 4) is 0 Å². The summed E-state index contributed by atoms with van der Waals surface area (Å²) in [6, 6.07) is 28.4. The smallest absolute Gasteiger partial charge is 0.204 e. The normalized spacial score (nSPS) is 25.6. The summed E-state index contributed by atoms with van der Waals surface area (Å²) in [5, 5.41) is 0.456. The molecule has 0 N–H and O–H groups in total. The monoisotopic (exact) mass is 412 g/mol. The zero-order valence-corrected chi connectivity index (χ0v) is 18.4. The van der Waals surface area contributed by atoms with Crippen molar-refractivity contribution in [3.05, 3.63) is 107 Å². The average Bonchev–Trinajstić information content (AvgIpc) is 3.15. The van der Waals surface area contributed by atoms with Gasteiger partial charge in [0.15, 0.2) is 10.9 Å². The Balaban J connectivity index is 1.91. The molecule has 2 heterocycles. The van der Waals surface area contributed by atoms with Gasteiger partial charge in [0.05, 0.1) is 0 Å². The Morgan fingerprint density at radius 2 is 1.40 bits per heavy atom. The number of benzene rings is 3. The summed E-state index contributed by atoms with van der Waals surface area (Å²) >= 11 is 0. The van der Waals surface area contributed by atoms with Crippen LogP contribution in [-0.2, 0) is 15.7 Å². The van der Waals surface area contributed by atoms with Crippen molar-refractivity contribution >= 4 is 19.3 Å². The molecule has 3 aromatic carbocycles. The van der Waals surface area contributed by atoms with E-state index in [9.17, 15) is 4.79 Å². The van der Waals surface area contributed by atoms with E-state index in [0.717, 1.165) is 42.2 Å². The molecule has 3 aromatic rings. The lowest BCUT2D eigenvalue weighted by Crippen LogP contribution is -2.52. The van der Waals surface area contributed by atoms with Gasteiger partial charge in [-0.3, -0.25) is 4.79 Å². The van der Waals surface area contributed by atoms with Crippen LogP contribution in [0.5, 0.6) is 0 Å². The number of ether oxygens (including phenoxy) is 1. The second kappa shape index (κ2) is 6.74. The summed E-state index contributed by atoms with van der Waals surface area (Å²) in [6.07, 6.45) is 0.932. The maximum Gasteiger partial charge on any atom is 0.204 e. The molecule has 0 unspecified atom stereocenters. The molecule has 2 bridgehead atoms. The zero-order valence-electron chi connectivity index (χ0n) is 17.6. The molecule has 2 aliphatic rings. The topological polar surface area (TPSA) is 26.3 Å². The SMILES string of the molecule is CCC(C)(C)C1=P[C@]2(c3ccccc3)O[C@@]1(c1ccccc1)C(=O)c1ccccc12. The average molecular weight is 412 g/mol. The van der Waals surface area contributed by atoms with Crippen LogP contribution in [0.15, 0.2) is 84.9 Å². The number of carbonyl (C=O) groups excluding carboxylic acids is 1. The Bertz CT molecular complexity index is 1150. The summed E-state index contributed by atoms with van der Waals surface area (Å²) in [5.74, 6) is 0.0531. The molecule has 0 radical (unpaired) electrons. The number of rotatable bonds is 4. The van der Waals surface area contributed by atoms with Crippen LogP contribution < -0.4 is 0 Å². The lowest BCUT2D eigenvalue weighted by atomic mass is 9.70. The van der Waals surface area contributed by atoms with Crippen LogP contribution in [0.4, 0.5) is 0 Å². The van der Waals surface area contributed by atoms with Crippen molar-refractivity contribution in [3.63, 3.8) is 0 Å². The molecule has 150 valence electrons. The largest absolute Gasteiger partial charge is 0.333 e. The van der Waals surface area contributed by atoms with E-state index in [2.05, 4.69) is 51.1 Å². The first-order valence-electron chi connectivity index (χ1n) is 10.5. The van der Waals surface area contributed by atoms with Crippen molar-refractivity contribution in [2.45, 2.75) is 38.1 Å². The number of ketones is 1. The van der Waals surface area contributed by atoms with Gasteiger partial charge in [0.1, 0.15) is 0 Å². The standard InChI is InChI=1S/C27H25O2P/c1-4-25(2,3)24-26(19-13-7-5-8-14-19)23(28)21-17-11-12-18-22(21)27(29-26,30-24)20-15-9-6-10-16-20/h5-18H,4H2,1-3H3/t26-,27-/m0/s1. The van der Waals surface area contributed by atoms with Crippen LogP contribution >= 0.6 is 8.20 Å². The summed E-state index contributed by atoms with van der Waals surface area (Å²) in [4.78, 5) is 14.2. The van der Waals surface area contributed by atoms with Crippen molar-refractivity contribution < 1.29 is 9.53 Å². The summed E-state index contributed by atoms with van der Waals surface area (Å²) < 4.78 is 7.09. The minimum Gasteiger partial charge on any atom is -0.333 e. The maximum absolute atomic E-state index is 14.2. The first kappa shape index (κ1) is 19.4. The Morgan fingerprint density at radius 3 is 2.03 bits per heavy atom. The van der Waals surface area contributed by atoms with Crippen LogP contribution in [0.25, 0.3) is 0 Å². The zero-order chi connectivity index (χ0) is 21.0. The third-order valence-electron chi connectivity index (χ3n) is 6.63. The van der Waals surface area contributed by atoms with Crippen LogP contribution in [0.3, 0.4) is 0 Å². The van der Waals surface area contributed by atoms with E-state index in [0.29, 0.717) is 0 Å². The van der Waals surface area contributed by atoms with Gasteiger partial charge in [0, 0.05) is 16.4 Å². The van der Waals surface area contributed by atoms with Crippen molar-refractivity contribution in [1.82, 2.24) is 0 Å². The highest BCUT2D eigenvalue weighted by Crippen LogP contribution is 2.63. The van der Waals surface area contributed by atoms with Gasteiger partial charge in [-0.2, -0.15) is 0 Å². The highest BCUT2D eigenvalue weighted by atomic mass is 31.1. The Hall–Kier alpha value is -2.54. The maximum atomic E-state index is 14.2. The van der Waals surface area contributed by atoms with Crippen LogP contribution in [0.1, 0.15) is 54.2 Å². The number of carbonyl (C=O) groups is 1. The molecule has 2 nitrogen and oxygen atoms in total. The molecule has 0 saturated heterocycles. The van der Waals surface area contributed by atoms with E-state index < -0.39 is 10.9 Å². The van der Waals surface area contributed by atoms with Crippen LogP contribution in [0, 0.1) is 5.41 Å². The Kier molecular flexibility index (Phi) is 4.36. The number of hydrogen-bond acceptors (Lipinski definition) is 2. The highest BCUT2D eigenvalue weighted by molar-refractivity contribution is 7.43. The van der Waals surface area contributed by atoms with Crippen molar-refractivity contribution in [2.24, 2.45) is 5.41 Å². The lowest BCUT2D eigenvalue weighted by molar-refractivity contribution is -0.0446. The van der Waals surface area contributed by atoms with E-state index >= 15 is 0 Å².